The molecule has 0 aromatic carbocycles. The van der Waals surface area contributed by atoms with Crippen LogP contribution in [-0.2, 0) is 33.6 Å². The van der Waals surface area contributed by atoms with Crippen LogP contribution in [0.5, 0.6) is 0 Å². The highest BCUT2D eigenvalue weighted by Crippen LogP contribution is 2.02. The van der Waals surface area contributed by atoms with Gasteiger partial charge in [-0.15, -0.1) is 0 Å². The Bertz CT molecular complexity index is 484. The lowest BCUT2D eigenvalue weighted by molar-refractivity contribution is -0.273. The molecule has 1 aliphatic rings. The van der Waals surface area contributed by atoms with E-state index in [1.165, 1.54) is 21.3 Å². The zero-order chi connectivity index (χ0) is 22.2. The highest BCUT2D eigenvalue weighted by Gasteiger charge is 2.19. The van der Waals surface area contributed by atoms with Gasteiger partial charge in [0.15, 0.2) is 0 Å². The Morgan fingerprint density at radius 1 is 0.677 bits per heavy atom. The van der Waals surface area contributed by atoms with E-state index in [-0.39, 0.29) is 32.5 Å². The minimum Gasteiger partial charge on any atom is -0.468 e. The Balaban J connectivity index is 0.00000900. The Labute approximate surface area is 187 Å². The topological polar surface area (TPSA) is 93.3 Å². The number of ether oxygens (including phenoxy) is 3. The number of nitrogens with zero attached hydrogens (tertiary/aromatic N) is 4. The number of carbonyl (C=O) groups excluding carboxylic acids is 2. The van der Waals surface area contributed by atoms with Gasteiger partial charge < -0.3 is 14.2 Å². The number of rotatable bonds is 10. The molecule has 0 spiro atoms. The van der Waals surface area contributed by atoms with Crippen LogP contribution in [0.4, 0.5) is 0 Å². The quantitative estimate of drug-likeness (QED) is 0.184. The lowest BCUT2D eigenvalue weighted by atomic mass is 10.3. The normalized spacial score (nSPS) is 18.5. The van der Waals surface area contributed by atoms with Crippen LogP contribution in [0.3, 0.4) is 0 Å². The van der Waals surface area contributed by atoms with Crippen LogP contribution in [0, 0.1) is 0 Å². The van der Waals surface area contributed by atoms with Gasteiger partial charge in [-0.05, 0) is 0 Å². The Morgan fingerprint density at radius 2 is 1.10 bits per heavy atom. The molecule has 11 heteroatoms. The van der Waals surface area contributed by atoms with Gasteiger partial charge in [0.05, 0.1) is 47.8 Å². The second-order valence-corrected chi connectivity index (χ2v) is 7.07. The van der Waals surface area contributed by atoms with E-state index in [2.05, 4.69) is 14.7 Å². The van der Waals surface area contributed by atoms with Crippen LogP contribution < -0.4 is 0 Å². The van der Waals surface area contributed by atoms with Gasteiger partial charge in [-0.25, -0.2) is 9.78 Å². The third-order valence-electron chi connectivity index (χ3n) is 5.01. The van der Waals surface area contributed by atoms with Crippen LogP contribution in [0.25, 0.3) is 0 Å². The summed E-state index contributed by atoms with van der Waals surface area (Å²) in [6, 6.07) is 0. The van der Waals surface area contributed by atoms with Crippen LogP contribution in [0.1, 0.15) is 7.43 Å². The average Bonchev–Trinajstić information content (AvgIpc) is 2.74. The monoisotopic (exact) mass is 450 g/mol. The maximum atomic E-state index is 11.8. The van der Waals surface area contributed by atoms with E-state index in [1.54, 1.807) is 7.11 Å². The zero-order valence-electron chi connectivity index (χ0n) is 18.8. The Kier molecular flexibility index (Phi) is 17.5. The van der Waals surface area contributed by atoms with Crippen molar-refractivity contribution in [2.24, 2.45) is 0 Å². The summed E-state index contributed by atoms with van der Waals surface area (Å²) >= 11 is 0. The molecule has 0 aliphatic carbocycles. The zero-order valence-corrected chi connectivity index (χ0v) is 18.8. The van der Waals surface area contributed by atoms with E-state index in [1.807, 2.05) is 4.90 Å². The maximum Gasteiger partial charge on any atom is 0.319 e. The minimum atomic E-state index is -0.276. The molecule has 1 rings (SSSR count). The fourth-order valence-electron chi connectivity index (χ4n) is 3.17. The summed E-state index contributed by atoms with van der Waals surface area (Å²) in [7, 11) is 5.95. The summed E-state index contributed by atoms with van der Waals surface area (Å²) in [4.78, 5) is 42.0. The second kappa shape index (κ2) is 18.3. The van der Waals surface area contributed by atoms with E-state index in [0.717, 1.165) is 32.7 Å². The number of hydrogen-bond donors (Lipinski definition) is 0. The maximum absolute atomic E-state index is 11.8. The third kappa shape index (κ3) is 13.6. The predicted octanol–water partition coefficient (Wildman–Crippen LogP) is -0.628. The number of esters is 2. The molecular weight excluding hydrogens is 408 g/mol. The smallest absolute Gasteiger partial charge is 0.319 e. The molecule has 31 heavy (non-hydrogen) atoms. The molecule has 0 unspecified atom stereocenters. The molecule has 0 aromatic heterocycles. The van der Waals surface area contributed by atoms with Crippen molar-refractivity contribution in [1.29, 1.82) is 0 Å². The van der Waals surface area contributed by atoms with Crippen LogP contribution in [-0.4, -0.2) is 145 Å². The van der Waals surface area contributed by atoms with Gasteiger partial charge in [-0.2, -0.15) is 0 Å². The molecule has 0 N–H and O–H groups in total. The van der Waals surface area contributed by atoms with Crippen molar-refractivity contribution in [2.75, 3.05) is 114 Å². The molecule has 0 aromatic rings. The van der Waals surface area contributed by atoms with Gasteiger partial charge in [-0.3, -0.25) is 29.2 Å². The van der Waals surface area contributed by atoms with Crippen molar-refractivity contribution in [2.45, 2.75) is 7.43 Å². The van der Waals surface area contributed by atoms with Gasteiger partial charge in [-0.1, -0.05) is 7.43 Å². The average molecular weight is 451 g/mol. The van der Waals surface area contributed by atoms with E-state index < -0.39 is 0 Å². The predicted molar refractivity (Wildman–Crippen MR) is 116 cm³/mol. The molecule has 184 valence electrons. The van der Waals surface area contributed by atoms with Crippen molar-refractivity contribution in [1.82, 2.24) is 19.6 Å². The standard InChI is InChI=1S/C19H38N4O7.CH4/c1-26-17-23-11-6-20(13-14-30-29-4)5-7-21(15-18(24)27-2)8-9-22(10-12-23)16-19(25)28-3;/h5-17H2,1-4H3;1H4. The number of methoxy groups -OCH3 is 3. The number of carbonyl (C=O) groups is 2. The Hall–Kier alpha value is -1.34. The van der Waals surface area contributed by atoms with E-state index in [0.29, 0.717) is 39.5 Å². The first-order valence-electron chi connectivity index (χ1n) is 10.2. The molecule has 1 heterocycles. The molecule has 11 nitrogen and oxygen atoms in total. The van der Waals surface area contributed by atoms with Gasteiger partial charge in [0.25, 0.3) is 0 Å². The largest absolute Gasteiger partial charge is 0.468 e. The SMILES string of the molecule is C.COCN1CCN(CCOOC)CCN(CC(=O)OC)CCN(CC(=O)OC)CC1. The molecule has 0 amide bonds. The van der Waals surface area contributed by atoms with Gasteiger partial charge in [0.2, 0.25) is 0 Å². The van der Waals surface area contributed by atoms with E-state index in [9.17, 15) is 9.59 Å². The van der Waals surface area contributed by atoms with Gasteiger partial charge in [0.1, 0.15) is 0 Å². The van der Waals surface area contributed by atoms with Crippen molar-refractivity contribution in [3.8, 4) is 0 Å². The summed E-state index contributed by atoms with van der Waals surface area (Å²) in [5.41, 5.74) is 0. The summed E-state index contributed by atoms with van der Waals surface area (Å²) in [5, 5.41) is 0. The second-order valence-electron chi connectivity index (χ2n) is 7.07. The van der Waals surface area contributed by atoms with Gasteiger partial charge >= 0.3 is 11.9 Å². The van der Waals surface area contributed by atoms with E-state index >= 15 is 0 Å². The third-order valence-corrected chi connectivity index (χ3v) is 5.01. The fraction of sp³-hybridized carbons (Fsp3) is 0.900. The molecule has 0 saturated carbocycles. The lowest BCUT2D eigenvalue weighted by Gasteiger charge is -2.33. The first-order valence-corrected chi connectivity index (χ1v) is 10.2. The summed E-state index contributed by atoms with van der Waals surface area (Å²) in [6.45, 7) is 7.93. The molecule has 1 aliphatic heterocycles. The first-order chi connectivity index (χ1) is 14.5. The summed E-state index contributed by atoms with van der Waals surface area (Å²) < 4.78 is 15.0. The molecule has 1 saturated heterocycles. The summed E-state index contributed by atoms with van der Waals surface area (Å²) in [5.74, 6) is -0.550. The highest BCUT2D eigenvalue weighted by atomic mass is 17.2. The fourth-order valence-corrected chi connectivity index (χ4v) is 3.17. The van der Waals surface area contributed by atoms with Crippen LogP contribution in [0.15, 0.2) is 0 Å². The molecule has 1 fully saturated rings. The van der Waals surface area contributed by atoms with E-state index in [4.69, 9.17) is 24.0 Å². The molecule has 0 atom stereocenters. The lowest BCUT2D eigenvalue weighted by Crippen LogP contribution is -2.48. The van der Waals surface area contributed by atoms with Crippen molar-refractivity contribution < 1.29 is 33.6 Å². The molecule has 0 radical (unpaired) electrons. The number of hydrogen-bond acceptors (Lipinski definition) is 11. The van der Waals surface area contributed by atoms with Crippen molar-refractivity contribution in [3.05, 3.63) is 0 Å². The Morgan fingerprint density at radius 3 is 1.48 bits per heavy atom. The minimum absolute atomic E-state index is 0. The molecular formula is C20H42N4O7. The van der Waals surface area contributed by atoms with Crippen LogP contribution >= 0.6 is 0 Å². The van der Waals surface area contributed by atoms with Crippen molar-refractivity contribution in [3.63, 3.8) is 0 Å². The van der Waals surface area contributed by atoms with Gasteiger partial charge in [0, 0.05) is 66.0 Å². The first kappa shape index (κ1) is 29.7. The summed E-state index contributed by atoms with van der Waals surface area (Å²) in [6.07, 6.45) is 0. The molecule has 0 bridgehead atoms. The van der Waals surface area contributed by atoms with Crippen molar-refractivity contribution >= 4 is 11.9 Å². The highest BCUT2D eigenvalue weighted by molar-refractivity contribution is 5.71. The van der Waals surface area contributed by atoms with Crippen LogP contribution in [0.2, 0.25) is 0 Å².